The molecular formula is C9H17ClN4O2. The normalized spacial score (nSPS) is 24.5. The Labute approximate surface area is 100 Å². The topological polar surface area (TPSA) is 87.5 Å². The van der Waals surface area contributed by atoms with Gasteiger partial charge in [-0.3, -0.25) is 4.79 Å². The number of nitrogens with zero attached hydrogens (tertiary/aromatic N) is 1. The van der Waals surface area contributed by atoms with Crippen molar-refractivity contribution in [2.45, 2.75) is 12.5 Å². The quantitative estimate of drug-likeness (QED) is 0.580. The van der Waals surface area contributed by atoms with Crippen molar-refractivity contribution in [3.63, 3.8) is 0 Å². The second kappa shape index (κ2) is 5.36. The van der Waals surface area contributed by atoms with Gasteiger partial charge < -0.3 is 21.3 Å². The molecule has 2 aliphatic heterocycles. The van der Waals surface area contributed by atoms with Crippen molar-refractivity contribution < 1.29 is 9.59 Å². The van der Waals surface area contributed by atoms with Crippen LogP contribution in [0, 0.1) is 5.92 Å². The van der Waals surface area contributed by atoms with E-state index in [1.807, 2.05) is 4.90 Å². The maximum absolute atomic E-state index is 11.8. The number of halogens is 1. The molecule has 0 aromatic heterocycles. The second-order valence-electron chi connectivity index (χ2n) is 4.13. The first-order valence-corrected chi connectivity index (χ1v) is 5.22. The molecule has 0 radical (unpaired) electrons. The van der Waals surface area contributed by atoms with Gasteiger partial charge in [0.15, 0.2) is 0 Å². The number of carbonyl (C=O) groups is 2. The third-order valence-electron chi connectivity index (χ3n) is 2.98. The first-order valence-electron chi connectivity index (χ1n) is 5.22. The van der Waals surface area contributed by atoms with E-state index in [9.17, 15) is 9.59 Å². The number of carbonyl (C=O) groups excluding carboxylic acids is 2. The molecule has 16 heavy (non-hydrogen) atoms. The number of nitrogens with two attached hydrogens (primary N) is 1. The smallest absolute Gasteiger partial charge is 0.312 e. The highest BCUT2D eigenvalue weighted by molar-refractivity contribution is 5.85. The van der Waals surface area contributed by atoms with Crippen molar-refractivity contribution in [2.24, 2.45) is 11.7 Å². The van der Waals surface area contributed by atoms with E-state index >= 15 is 0 Å². The molecule has 2 fully saturated rings. The van der Waals surface area contributed by atoms with Crippen LogP contribution in [-0.2, 0) is 4.79 Å². The molecule has 2 saturated heterocycles. The van der Waals surface area contributed by atoms with E-state index in [1.54, 1.807) is 0 Å². The number of urea groups is 1. The summed E-state index contributed by atoms with van der Waals surface area (Å²) in [5.41, 5.74) is 5.03. The highest BCUT2D eigenvalue weighted by Gasteiger charge is 2.33. The molecule has 92 valence electrons. The van der Waals surface area contributed by atoms with Gasteiger partial charge >= 0.3 is 6.03 Å². The van der Waals surface area contributed by atoms with Crippen LogP contribution in [0.25, 0.3) is 0 Å². The molecule has 0 aromatic carbocycles. The summed E-state index contributed by atoms with van der Waals surface area (Å²) in [5, 5.41) is 5.70. The van der Waals surface area contributed by atoms with E-state index < -0.39 is 6.03 Å². The molecule has 0 saturated carbocycles. The number of hydrogen-bond acceptors (Lipinski definition) is 3. The number of hydrogen-bond donors (Lipinski definition) is 3. The predicted molar refractivity (Wildman–Crippen MR) is 61.3 cm³/mol. The van der Waals surface area contributed by atoms with Crippen LogP contribution in [0.15, 0.2) is 0 Å². The van der Waals surface area contributed by atoms with E-state index in [2.05, 4.69) is 10.6 Å². The molecule has 2 rings (SSSR count). The van der Waals surface area contributed by atoms with Crippen molar-refractivity contribution in [3.8, 4) is 0 Å². The Balaban J connectivity index is 0.00000128. The van der Waals surface area contributed by atoms with Gasteiger partial charge in [-0.25, -0.2) is 4.79 Å². The fourth-order valence-electron chi connectivity index (χ4n) is 2.00. The average molecular weight is 249 g/mol. The summed E-state index contributed by atoms with van der Waals surface area (Å²) in [7, 11) is 0. The van der Waals surface area contributed by atoms with Gasteiger partial charge in [0.05, 0.1) is 5.92 Å². The average Bonchev–Trinajstić information content (AvgIpc) is 2.48. The Morgan fingerprint density at radius 1 is 1.38 bits per heavy atom. The zero-order valence-corrected chi connectivity index (χ0v) is 9.76. The van der Waals surface area contributed by atoms with Crippen LogP contribution in [0.5, 0.6) is 0 Å². The number of amides is 3. The van der Waals surface area contributed by atoms with Crippen LogP contribution >= 0.6 is 12.4 Å². The minimum absolute atomic E-state index is 0. The highest BCUT2D eigenvalue weighted by atomic mass is 35.5. The lowest BCUT2D eigenvalue weighted by molar-refractivity contribution is -0.136. The van der Waals surface area contributed by atoms with Crippen molar-refractivity contribution in [1.82, 2.24) is 15.5 Å². The Bertz CT molecular complexity index is 283. The molecule has 0 spiro atoms. The third kappa shape index (κ3) is 2.76. The summed E-state index contributed by atoms with van der Waals surface area (Å²) >= 11 is 0. The van der Waals surface area contributed by atoms with E-state index in [1.165, 1.54) is 0 Å². The Morgan fingerprint density at radius 2 is 2.06 bits per heavy atom. The van der Waals surface area contributed by atoms with Crippen LogP contribution in [-0.4, -0.2) is 49.1 Å². The molecular weight excluding hydrogens is 232 g/mol. The monoisotopic (exact) mass is 248 g/mol. The summed E-state index contributed by atoms with van der Waals surface area (Å²) in [6, 6.07) is -0.487. The SMILES string of the molecule is Cl.NC(=O)NC1CCN(C(=O)C2CNC2)C1. The fourth-order valence-corrected chi connectivity index (χ4v) is 2.00. The molecule has 1 atom stereocenters. The lowest BCUT2D eigenvalue weighted by Crippen LogP contribution is -2.52. The maximum atomic E-state index is 11.8. The van der Waals surface area contributed by atoms with Gasteiger partial charge in [-0.2, -0.15) is 0 Å². The molecule has 6 nitrogen and oxygen atoms in total. The van der Waals surface area contributed by atoms with E-state index in [-0.39, 0.29) is 30.3 Å². The third-order valence-corrected chi connectivity index (χ3v) is 2.98. The van der Waals surface area contributed by atoms with Crippen LogP contribution in [0.3, 0.4) is 0 Å². The predicted octanol–water partition coefficient (Wildman–Crippen LogP) is -1.10. The largest absolute Gasteiger partial charge is 0.352 e. The van der Waals surface area contributed by atoms with Crippen LogP contribution in [0.4, 0.5) is 4.79 Å². The Morgan fingerprint density at radius 3 is 2.56 bits per heavy atom. The summed E-state index contributed by atoms with van der Waals surface area (Å²) in [6.07, 6.45) is 0.800. The molecule has 2 aliphatic rings. The number of likely N-dealkylation sites (tertiary alicyclic amines) is 1. The Hall–Kier alpha value is -1.01. The molecule has 7 heteroatoms. The lowest BCUT2D eigenvalue weighted by Gasteiger charge is -2.30. The standard InChI is InChI=1S/C9H16N4O2.ClH/c10-9(15)12-7-1-2-13(5-7)8(14)6-3-11-4-6;/h6-7,11H,1-5H2,(H3,10,12,15);1H. The number of primary amides is 1. The van der Waals surface area contributed by atoms with Crippen molar-refractivity contribution >= 4 is 24.3 Å². The van der Waals surface area contributed by atoms with Gasteiger partial charge in [-0.15, -0.1) is 12.4 Å². The summed E-state index contributed by atoms with van der Waals surface area (Å²) < 4.78 is 0. The Kier molecular flexibility index (Phi) is 4.37. The number of nitrogens with one attached hydrogen (secondary N) is 2. The lowest BCUT2D eigenvalue weighted by atomic mass is 10.0. The van der Waals surface area contributed by atoms with Crippen LogP contribution in [0.1, 0.15) is 6.42 Å². The van der Waals surface area contributed by atoms with Gasteiger partial charge in [0.2, 0.25) is 5.91 Å². The molecule has 4 N–H and O–H groups in total. The van der Waals surface area contributed by atoms with Crippen molar-refractivity contribution in [2.75, 3.05) is 26.2 Å². The molecule has 0 bridgehead atoms. The molecule has 2 heterocycles. The zero-order chi connectivity index (χ0) is 10.8. The minimum atomic E-state index is -0.514. The molecule has 1 unspecified atom stereocenters. The van der Waals surface area contributed by atoms with Crippen molar-refractivity contribution in [3.05, 3.63) is 0 Å². The molecule has 0 aromatic rings. The van der Waals surface area contributed by atoms with Gasteiger partial charge in [0, 0.05) is 32.2 Å². The van der Waals surface area contributed by atoms with Crippen LogP contribution < -0.4 is 16.4 Å². The van der Waals surface area contributed by atoms with Crippen molar-refractivity contribution in [1.29, 1.82) is 0 Å². The maximum Gasteiger partial charge on any atom is 0.312 e. The van der Waals surface area contributed by atoms with E-state index in [0.717, 1.165) is 26.1 Å². The number of rotatable bonds is 2. The van der Waals surface area contributed by atoms with E-state index in [0.29, 0.717) is 6.54 Å². The summed E-state index contributed by atoms with van der Waals surface area (Å²) in [5.74, 6) is 0.333. The second-order valence-corrected chi connectivity index (χ2v) is 4.13. The first-order chi connectivity index (χ1) is 7.16. The first kappa shape index (κ1) is 13.1. The molecule has 3 amide bonds. The highest BCUT2D eigenvalue weighted by Crippen LogP contribution is 2.15. The summed E-state index contributed by atoms with van der Waals surface area (Å²) in [4.78, 5) is 24.2. The van der Waals surface area contributed by atoms with Gasteiger partial charge in [-0.05, 0) is 6.42 Å². The van der Waals surface area contributed by atoms with Gasteiger partial charge in [0.1, 0.15) is 0 Å². The van der Waals surface area contributed by atoms with Gasteiger partial charge in [-0.1, -0.05) is 0 Å². The van der Waals surface area contributed by atoms with E-state index in [4.69, 9.17) is 5.73 Å². The van der Waals surface area contributed by atoms with Crippen LogP contribution in [0.2, 0.25) is 0 Å². The van der Waals surface area contributed by atoms with Gasteiger partial charge in [0.25, 0.3) is 0 Å². The fraction of sp³-hybridized carbons (Fsp3) is 0.778. The molecule has 0 aliphatic carbocycles. The minimum Gasteiger partial charge on any atom is -0.352 e. The zero-order valence-electron chi connectivity index (χ0n) is 8.94. The summed E-state index contributed by atoms with van der Waals surface area (Å²) in [6.45, 7) is 2.88.